The standard InChI is InChI=1S/C14H20FNO3/c1-3-11(9-17)14(18)16-8-10-5-6-13(19-4-2)12(15)7-10/h5-7,11,17H,3-4,8-9H2,1-2H3,(H,16,18). The van der Waals surface area contributed by atoms with Crippen molar-refractivity contribution in [2.45, 2.75) is 26.8 Å². The molecule has 19 heavy (non-hydrogen) atoms. The number of carbonyl (C=O) groups excluding carboxylic acids is 1. The van der Waals surface area contributed by atoms with Crippen LogP contribution in [-0.4, -0.2) is 24.2 Å². The number of aliphatic hydroxyl groups excluding tert-OH is 1. The van der Waals surface area contributed by atoms with Crippen molar-refractivity contribution in [3.05, 3.63) is 29.6 Å². The lowest BCUT2D eigenvalue weighted by atomic mass is 10.1. The minimum Gasteiger partial charge on any atom is -0.491 e. The van der Waals surface area contributed by atoms with Gasteiger partial charge in [0.25, 0.3) is 0 Å². The van der Waals surface area contributed by atoms with Crippen LogP contribution in [0.4, 0.5) is 4.39 Å². The Morgan fingerprint density at radius 2 is 2.21 bits per heavy atom. The van der Waals surface area contributed by atoms with Crippen LogP contribution in [0.2, 0.25) is 0 Å². The van der Waals surface area contributed by atoms with Crippen LogP contribution in [0.25, 0.3) is 0 Å². The van der Waals surface area contributed by atoms with Gasteiger partial charge in [0, 0.05) is 6.54 Å². The first-order valence-electron chi connectivity index (χ1n) is 6.42. The summed E-state index contributed by atoms with van der Waals surface area (Å²) in [5.74, 6) is -0.867. The molecule has 1 rings (SSSR count). The van der Waals surface area contributed by atoms with Crippen molar-refractivity contribution in [2.75, 3.05) is 13.2 Å². The minimum atomic E-state index is -0.442. The second-order valence-electron chi connectivity index (χ2n) is 4.20. The molecule has 0 bridgehead atoms. The number of hydrogen-bond donors (Lipinski definition) is 2. The second kappa shape index (κ2) is 7.74. The summed E-state index contributed by atoms with van der Waals surface area (Å²) >= 11 is 0. The third kappa shape index (κ3) is 4.52. The molecule has 1 amide bonds. The number of benzene rings is 1. The first-order chi connectivity index (χ1) is 9.12. The van der Waals surface area contributed by atoms with Crippen LogP contribution in [0.15, 0.2) is 18.2 Å². The highest BCUT2D eigenvalue weighted by molar-refractivity contribution is 5.78. The lowest BCUT2D eigenvalue weighted by Crippen LogP contribution is -2.31. The van der Waals surface area contributed by atoms with Gasteiger partial charge in [0.1, 0.15) is 0 Å². The maximum Gasteiger partial charge on any atom is 0.225 e. The average Bonchev–Trinajstić information content (AvgIpc) is 2.41. The maximum absolute atomic E-state index is 13.6. The zero-order valence-electron chi connectivity index (χ0n) is 11.3. The van der Waals surface area contributed by atoms with Crippen molar-refractivity contribution in [2.24, 2.45) is 5.92 Å². The van der Waals surface area contributed by atoms with E-state index in [9.17, 15) is 9.18 Å². The van der Waals surface area contributed by atoms with Gasteiger partial charge in [-0.05, 0) is 31.0 Å². The van der Waals surface area contributed by atoms with Crippen molar-refractivity contribution in [1.29, 1.82) is 0 Å². The lowest BCUT2D eigenvalue weighted by Gasteiger charge is -2.12. The third-order valence-corrected chi connectivity index (χ3v) is 2.85. The second-order valence-corrected chi connectivity index (χ2v) is 4.20. The van der Waals surface area contributed by atoms with Gasteiger partial charge < -0.3 is 15.2 Å². The van der Waals surface area contributed by atoms with Crippen LogP contribution < -0.4 is 10.1 Å². The molecule has 1 aromatic carbocycles. The van der Waals surface area contributed by atoms with Crippen LogP contribution in [0.3, 0.4) is 0 Å². The van der Waals surface area contributed by atoms with Gasteiger partial charge in [-0.1, -0.05) is 13.0 Å². The van der Waals surface area contributed by atoms with Crippen LogP contribution in [0, 0.1) is 11.7 Å². The van der Waals surface area contributed by atoms with E-state index in [-0.39, 0.29) is 24.8 Å². The number of ether oxygens (including phenoxy) is 1. The quantitative estimate of drug-likeness (QED) is 0.794. The fraction of sp³-hybridized carbons (Fsp3) is 0.500. The molecule has 5 heteroatoms. The smallest absolute Gasteiger partial charge is 0.225 e. The summed E-state index contributed by atoms with van der Waals surface area (Å²) in [4.78, 5) is 11.6. The van der Waals surface area contributed by atoms with Gasteiger partial charge in [-0.25, -0.2) is 4.39 Å². The lowest BCUT2D eigenvalue weighted by molar-refractivity contribution is -0.126. The summed E-state index contributed by atoms with van der Waals surface area (Å²) < 4.78 is 18.7. The molecule has 0 radical (unpaired) electrons. The highest BCUT2D eigenvalue weighted by atomic mass is 19.1. The molecule has 0 saturated heterocycles. The van der Waals surface area contributed by atoms with Crippen molar-refractivity contribution in [3.8, 4) is 5.75 Å². The van der Waals surface area contributed by atoms with E-state index in [2.05, 4.69) is 5.32 Å². The molecule has 106 valence electrons. The van der Waals surface area contributed by atoms with E-state index in [1.165, 1.54) is 6.07 Å². The third-order valence-electron chi connectivity index (χ3n) is 2.85. The molecule has 0 aromatic heterocycles. The van der Waals surface area contributed by atoms with Crippen LogP contribution >= 0.6 is 0 Å². The first-order valence-corrected chi connectivity index (χ1v) is 6.42. The van der Waals surface area contributed by atoms with E-state index in [1.54, 1.807) is 19.1 Å². The van der Waals surface area contributed by atoms with Crippen molar-refractivity contribution in [1.82, 2.24) is 5.32 Å². The molecule has 4 nitrogen and oxygen atoms in total. The molecule has 0 aliphatic carbocycles. The molecule has 0 saturated carbocycles. The highest BCUT2D eigenvalue weighted by Crippen LogP contribution is 2.18. The van der Waals surface area contributed by atoms with E-state index in [1.807, 2.05) is 6.92 Å². The average molecular weight is 269 g/mol. The van der Waals surface area contributed by atoms with Gasteiger partial charge >= 0.3 is 0 Å². The molecule has 0 fully saturated rings. The predicted molar refractivity (Wildman–Crippen MR) is 70.3 cm³/mol. The molecular weight excluding hydrogens is 249 g/mol. The Morgan fingerprint density at radius 3 is 2.74 bits per heavy atom. The summed E-state index contributed by atoms with van der Waals surface area (Å²) in [5.41, 5.74) is 0.655. The van der Waals surface area contributed by atoms with Crippen LogP contribution in [0.1, 0.15) is 25.8 Å². The number of nitrogens with one attached hydrogen (secondary N) is 1. The predicted octanol–water partition coefficient (Wildman–Crippen LogP) is 1.86. The zero-order valence-corrected chi connectivity index (χ0v) is 11.3. The summed E-state index contributed by atoms with van der Waals surface area (Å²) in [7, 11) is 0. The van der Waals surface area contributed by atoms with E-state index < -0.39 is 11.7 Å². The van der Waals surface area contributed by atoms with Gasteiger partial charge in [0.2, 0.25) is 5.91 Å². The van der Waals surface area contributed by atoms with Crippen LogP contribution in [0.5, 0.6) is 5.75 Å². The Morgan fingerprint density at radius 1 is 1.47 bits per heavy atom. The van der Waals surface area contributed by atoms with E-state index in [0.717, 1.165) is 0 Å². The minimum absolute atomic E-state index is 0.181. The topological polar surface area (TPSA) is 58.6 Å². The van der Waals surface area contributed by atoms with Gasteiger partial charge in [0.15, 0.2) is 11.6 Å². The molecular formula is C14H20FNO3. The summed E-state index contributed by atoms with van der Waals surface area (Å²) in [6.07, 6.45) is 0.569. The number of aliphatic hydroxyl groups is 1. The Kier molecular flexibility index (Phi) is 6.29. The van der Waals surface area contributed by atoms with Gasteiger partial charge in [0.05, 0.1) is 19.1 Å². The Balaban J connectivity index is 2.58. The molecule has 0 heterocycles. The maximum atomic E-state index is 13.6. The van der Waals surface area contributed by atoms with Gasteiger partial charge in [-0.2, -0.15) is 0 Å². The summed E-state index contributed by atoms with van der Waals surface area (Å²) in [6, 6.07) is 4.59. The molecule has 0 aliphatic heterocycles. The van der Waals surface area contributed by atoms with E-state index in [0.29, 0.717) is 18.6 Å². The fourth-order valence-corrected chi connectivity index (χ4v) is 1.66. The molecule has 2 N–H and O–H groups in total. The highest BCUT2D eigenvalue weighted by Gasteiger charge is 2.14. The zero-order chi connectivity index (χ0) is 14.3. The normalized spacial score (nSPS) is 12.0. The van der Waals surface area contributed by atoms with Crippen molar-refractivity contribution < 1.29 is 19.0 Å². The molecule has 0 aliphatic rings. The number of carbonyl (C=O) groups is 1. The van der Waals surface area contributed by atoms with E-state index >= 15 is 0 Å². The number of rotatable bonds is 7. The summed E-state index contributed by atoms with van der Waals surface area (Å²) in [5, 5.41) is 11.7. The Labute approximate surface area is 112 Å². The molecule has 1 unspecified atom stereocenters. The summed E-state index contributed by atoms with van der Waals surface area (Å²) in [6.45, 7) is 4.07. The number of halogens is 1. The van der Waals surface area contributed by atoms with Crippen LogP contribution in [-0.2, 0) is 11.3 Å². The largest absolute Gasteiger partial charge is 0.491 e. The SMILES string of the molecule is CCOc1ccc(CNC(=O)C(CC)CO)cc1F. The molecule has 1 aromatic rings. The Hall–Kier alpha value is -1.62. The Bertz CT molecular complexity index is 419. The fourth-order valence-electron chi connectivity index (χ4n) is 1.66. The van der Waals surface area contributed by atoms with Gasteiger partial charge in [-0.15, -0.1) is 0 Å². The molecule has 0 spiro atoms. The number of amides is 1. The number of hydrogen-bond acceptors (Lipinski definition) is 3. The molecule has 1 atom stereocenters. The van der Waals surface area contributed by atoms with Gasteiger partial charge in [-0.3, -0.25) is 4.79 Å². The van der Waals surface area contributed by atoms with E-state index in [4.69, 9.17) is 9.84 Å². The monoisotopic (exact) mass is 269 g/mol. The first kappa shape index (κ1) is 15.4. The van der Waals surface area contributed by atoms with Crippen molar-refractivity contribution >= 4 is 5.91 Å². The van der Waals surface area contributed by atoms with Crippen molar-refractivity contribution in [3.63, 3.8) is 0 Å².